The Balaban J connectivity index is 4.22. The molecule has 1 unspecified atom stereocenters. The molecule has 0 bridgehead atoms. The lowest BCUT2D eigenvalue weighted by molar-refractivity contribution is -0.167. The van der Waals surface area contributed by atoms with Gasteiger partial charge in [0.1, 0.15) is 13.2 Å². The van der Waals surface area contributed by atoms with E-state index in [4.69, 9.17) is 14.2 Å². The van der Waals surface area contributed by atoms with E-state index in [1.54, 1.807) is 0 Å². The zero-order valence-electron chi connectivity index (χ0n) is 48.5. The van der Waals surface area contributed by atoms with Gasteiger partial charge in [0.05, 0.1) is 0 Å². The summed E-state index contributed by atoms with van der Waals surface area (Å²) in [6.07, 6.45) is 69.7. The van der Waals surface area contributed by atoms with Crippen molar-refractivity contribution in [2.24, 2.45) is 0 Å². The third kappa shape index (κ3) is 59.2. The van der Waals surface area contributed by atoms with Crippen molar-refractivity contribution in [3.05, 3.63) is 0 Å². The molecule has 0 saturated carbocycles. The zero-order chi connectivity index (χ0) is 51.4. The van der Waals surface area contributed by atoms with Crippen LogP contribution in [0.15, 0.2) is 0 Å². The number of rotatable bonds is 61. The smallest absolute Gasteiger partial charge is 0.306 e. The molecular formula is C65H126O6. The Kier molecular flexibility index (Phi) is 59.6. The maximum atomic E-state index is 12.9. The zero-order valence-corrected chi connectivity index (χ0v) is 48.5. The van der Waals surface area contributed by atoms with Crippen molar-refractivity contribution in [2.45, 2.75) is 386 Å². The van der Waals surface area contributed by atoms with Crippen LogP contribution < -0.4 is 0 Å². The van der Waals surface area contributed by atoms with Gasteiger partial charge in [0.25, 0.3) is 0 Å². The first kappa shape index (κ1) is 69.4. The number of carbonyl (C=O) groups is 3. The van der Waals surface area contributed by atoms with Gasteiger partial charge in [0.15, 0.2) is 6.10 Å². The van der Waals surface area contributed by atoms with Crippen LogP contribution in [0.25, 0.3) is 0 Å². The molecule has 1 atom stereocenters. The van der Waals surface area contributed by atoms with Crippen molar-refractivity contribution in [2.75, 3.05) is 13.2 Å². The summed E-state index contributed by atoms with van der Waals surface area (Å²) in [5.74, 6) is -0.824. The standard InChI is InChI=1S/C65H126O6/c1-4-7-10-13-16-19-22-25-28-29-30-31-32-33-34-35-38-40-43-46-49-52-55-58-64(67)70-61-62(71-65(68)59-56-53-50-47-44-41-37-27-24-21-18-15-12-9-6-3)60-69-63(66)57-54-51-48-45-42-39-36-26-23-20-17-14-11-8-5-2/h62H,4-61H2,1-3H3. The van der Waals surface area contributed by atoms with Crippen molar-refractivity contribution in [1.29, 1.82) is 0 Å². The molecule has 0 radical (unpaired) electrons. The summed E-state index contributed by atoms with van der Waals surface area (Å²) in [5.41, 5.74) is 0. The third-order valence-corrected chi connectivity index (χ3v) is 15.1. The van der Waals surface area contributed by atoms with Gasteiger partial charge in [-0.25, -0.2) is 0 Å². The van der Waals surface area contributed by atoms with Gasteiger partial charge in [-0.15, -0.1) is 0 Å². The molecule has 0 rings (SSSR count). The van der Waals surface area contributed by atoms with Gasteiger partial charge < -0.3 is 14.2 Å². The molecule has 0 aromatic carbocycles. The van der Waals surface area contributed by atoms with E-state index in [1.165, 1.54) is 283 Å². The van der Waals surface area contributed by atoms with Gasteiger partial charge in [0, 0.05) is 19.3 Å². The highest BCUT2D eigenvalue weighted by Gasteiger charge is 2.19. The van der Waals surface area contributed by atoms with Crippen LogP contribution in [-0.2, 0) is 28.6 Å². The lowest BCUT2D eigenvalue weighted by Crippen LogP contribution is -2.30. The first-order valence-corrected chi connectivity index (χ1v) is 32.5. The SMILES string of the molecule is CCCCCCCCCCCCCCCCCCCCCCCCCC(=O)OCC(COC(=O)CCCCCCCCCCCCCCCCC)OC(=O)CCCCCCCCCCCCCCCCC. The van der Waals surface area contributed by atoms with Gasteiger partial charge in [-0.3, -0.25) is 14.4 Å². The molecule has 0 fully saturated rings. The molecule has 0 heterocycles. The number of carbonyl (C=O) groups excluding carboxylic acids is 3. The summed E-state index contributed by atoms with van der Waals surface area (Å²) < 4.78 is 17.0. The van der Waals surface area contributed by atoms with E-state index in [-0.39, 0.29) is 31.1 Å². The van der Waals surface area contributed by atoms with Crippen molar-refractivity contribution in [3.8, 4) is 0 Å². The van der Waals surface area contributed by atoms with Gasteiger partial charge in [0.2, 0.25) is 0 Å². The van der Waals surface area contributed by atoms with Crippen molar-refractivity contribution in [3.63, 3.8) is 0 Å². The first-order chi connectivity index (χ1) is 35.0. The van der Waals surface area contributed by atoms with Crippen LogP contribution in [0.3, 0.4) is 0 Å². The molecule has 6 nitrogen and oxygen atoms in total. The highest BCUT2D eigenvalue weighted by atomic mass is 16.6. The second-order valence-electron chi connectivity index (χ2n) is 22.4. The molecule has 422 valence electrons. The lowest BCUT2D eigenvalue weighted by atomic mass is 10.0. The van der Waals surface area contributed by atoms with Gasteiger partial charge in [-0.2, -0.15) is 0 Å². The van der Waals surface area contributed by atoms with E-state index >= 15 is 0 Å². The topological polar surface area (TPSA) is 78.9 Å². The third-order valence-electron chi connectivity index (χ3n) is 15.1. The van der Waals surface area contributed by atoms with Crippen LogP contribution in [0, 0.1) is 0 Å². The van der Waals surface area contributed by atoms with E-state index < -0.39 is 6.10 Å². The summed E-state index contributed by atoms with van der Waals surface area (Å²) in [5, 5.41) is 0. The van der Waals surface area contributed by atoms with Crippen LogP contribution in [0.2, 0.25) is 0 Å². The summed E-state index contributed by atoms with van der Waals surface area (Å²) in [6, 6.07) is 0. The predicted molar refractivity (Wildman–Crippen MR) is 307 cm³/mol. The summed E-state index contributed by atoms with van der Waals surface area (Å²) in [7, 11) is 0. The molecule has 0 N–H and O–H groups in total. The van der Waals surface area contributed by atoms with E-state index in [1.807, 2.05) is 0 Å². The molecular weight excluding hydrogens is 877 g/mol. The molecule has 0 aromatic heterocycles. The minimum Gasteiger partial charge on any atom is -0.462 e. The van der Waals surface area contributed by atoms with E-state index in [9.17, 15) is 14.4 Å². The monoisotopic (exact) mass is 1000 g/mol. The first-order valence-electron chi connectivity index (χ1n) is 32.5. The molecule has 0 aliphatic heterocycles. The predicted octanol–water partition coefficient (Wildman–Crippen LogP) is 21.9. The molecule has 71 heavy (non-hydrogen) atoms. The highest BCUT2D eigenvalue weighted by molar-refractivity contribution is 5.71. The van der Waals surface area contributed by atoms with Crippen molar-refractivity contribution < 1.29 is 28.6 Å². The highest BCUT2D eigenvalue weighted by Crippen LogP contribution is 2.19. The molecule has 0 aromatic rings. The molecule has 0 aliphatic rings. The summed E-state index contributed by atoms with van der Waals surface area (Å²) in [4.78, 5) is 38.3. The van der Waals surface area contributed by atoms with E-state index in [2.05, 4.69) is 20.8 Å². The lowest BCUT2D eigenvalue weighted by Gasteiger charge is -2.18. The van der Waals surface area contributed by atoms with Gasteiger partial charge >= 0.3 is 17.9 Å². The number of unbranched alkanes of at least 4 members (excludes halogenated alkanes) is 50. The van der Waals surface area contributed by atoms with Crippen LogP contribution in [0.5, 0.6) is 0 Å². The Morgan fingerprint density at radius 2 is 0.380 bits per heavy atom. The summed E-state index contributed by atoms with van der Waals surface area (Å²) >= 11 is 0. The second kappa shape index (κ2) is 61.0. The number of hydrogen-bond acceptors (Lipinski definition) is 6. The normalized spacial score (nSPS) is 11.9. The van der Waals surface area contributed by atoms with Crippen molar-refractivity contribution >= 4 is 17.9 Å². The van der Waals surface area contributed by atoms with Crippen LogP contribution in [0.4, 0.5) is 0 Å². The molecule has 0 saturated heterocycles. The Bertz CT molecular complexity index is 1060. The van der Waals surface area contributed by atoms with Gasteiger partial charge in [-0.05, 0) is 19.3 Å². The fourth-order valence-electron chi connectivity index (χ4n) is 10.2. The average molecular weight is 1000 g/mol. The molecule has 0 amide bonds. The second-order valence-corrected chi connectivity index (χ2v) is 22.4. The maximum Gasteiger partial charge on any atom is 0.306 e. The van der Waals surface area contributed by atoms with Crippen LogP contribution in [0.1, 0.15) is 380 Å². The Morgan fingerprint density at radius 1 is 0.225 bits per heavy atom. The van der Waals surface area contributed by atoms with Gasteiger partial charge in [-0.1, -0.05) is 342 Å². The van der Waals surface area contributed by atoms with Crippen LogP contribution in [-0.4, -0.2) is 37.2 Å². The minimum atomic E-state index is -0.762. The largest absolute Gasteiger partial charge is 0.462 e. The number of ether oxygens (including phenoxy) is 3. The minimum absolute atomic E-state index is 0.0605. The maximum absolute atomic E-state index is 12.9. The van der Waals surface area contributed by atoms with Crippen molar-refractivity contribution in [1.82, 2.24) is 0 Å². The molecule has 6 heteroatoms. The summed E-state index contributed by atoms with van der Waals surface area (Å²) in [6.45, 7) is 6.73. The average Bonchev–Trinajstić information content (AvgIpc) is 3.37. The Labute approximate surface area is 444 Å². The molecule has 0 aliphatic carbocycles. The number of esters is 3. The Morgan fingerprint density at radius 3 is 0.563 bits per heavy atom. The number of hydrogen-bond donors (Lipinski definition) is 0. The van der Waals surface area contributed by atoms with E-state index in [0.717, 1.165) is 57.8 Å². The fourth-order valence-corrected chi connectivity index (χ4v) is 10.2. The molecule has 0 spiro atoms. The van der Waals surface area contributed by atoms with E-state index in [0.29, 0.717) is 19.3 Å². The fraction of sp³-hybridized carbons (Fsp3) is 0.954. The quantitative estimate of drug-likeness (QED) is 0.0343. The Hall–Kier alpha value is -1.59. The van der Waals surface area contributed by atoms with Crippen LogP contribution >= 0.6 is 0 Å².